The second-order valence-corrected chi connectivity index (χ2v) is 14.0. The molecule has 0 amide bonds. The number of hydrogen-bond acceptors (Lipinski definition) is 3. The highest BCUT2D eigenvalue weighted by atomic mass is 127. The predicted molar refractivity (Wildman–Crippen MR) is 168 cm³/mol. The SMILES string of the molecule is CCCCCCCCc1ccc(-c2ccc(-c3ccc(CCCCCCCCCCI)s3)s2)s1. The zero-order valence-electron chi connectivity index (χ0n) is 21.1. The van der Waals surface area contributed by atoms with Gasteiger partial charge < -0.3 is 0 Å². The van der Waals surface area contributed by atoms with E-state index in [0.29, 0.717) is 0 Å². The standard InChI is InChI=1S/C30H43IS3/c1-2-3-4-5-10-13-16-25-18-20-27(32-25)29-22-23-30(34-29)28-21-19-26(33-28)17-14-11-8-6-7-9-12-15-24-31/h18-23H,2-17,24H2,1H3. The minimum Gasteiger partial charge on any atom is -0.139 e. The van der Waals surface area contributed by atoms with E-state index in [2.05, 4.69) is 65.9 Å². The summed E-state index contributed by atoms with van der Waals surface area (Å²) in [6.45, 7) is 2.29. The maximum absolute atomic E-state index is 2.49. The zero-order valence-corrected chi connectivity index (χ0v) is 25.7. The summed E-state index contributed by atoms with van der Waals surface area (Å²) in [5.74, 6) is 0. The minimum atomic E-state index is 1.25. The third kappa shape index (κ3) is 10.4. The molecule has 0 atom stereocenters. The van der Waals surface area contributed by atoms with Crippen molar-refractivity contribution < 1.29 is 0 Å². The summed E-state index contributed by atoms with van der Waals surface area (Å²) < 4.78 is 1.32. The molecule has 0 saturated heterocycles. The van der Waals surface area contributed by atoms with Gasteiger partial charge in [0.2, 0.25) is 0 Å². The van der Waals surface area contributed by atoms with Gasteiger partial charge in [-0.3, -0.25) is 0 Å². The molecule has 0 aliphatic rings. The monoisotopic (exact) mass is 626 g/mol. The molecule has 0 fully saturated rings. The number of alkyl halides is 1. The molecule has 0 aliphatic carbocycles. The minimum absolute atomic E-state index is 1.25. The molecule has 4 heteroatoms. The summed E-state index contributed by atoms with van der Waals surface area (Å²) in [6, 6.07) is 14.1. The number of thiophene rings is 3. The number of rotatable bonds is 19. The molecule has 3 aromatic heterocycles. The van der Waals surface area contributed by atoms with Gasteiger partial charge >= 0.3 is 0 Å². The van der Waals surface area contributed by atoms with Crippen molar-refractivity contribution in [2.24, 2.45) is 0 Å². The van der Waals surface area contributed by atoms with Gasteiger partial charge in [-0.25, -0.2) is 0 Å². The van der Waals surface area contributed by atoms with Crippen LogP contribution in [0.2, 0.25) is 0 Å². The zero-order chi connectivity index (χ0) is 23.8. The first-order valence-electron chi connectivity index (χ1n) is 13.6. The van der Waals surface area contributed by atoms with Crippen molar-refractivity contribution in [2.75, 3.05) is 4.43 Å². The molecule has 3 rings (SSSR count). The smallest absolute Gasteiger partial charge is 0.0449 e. The van der Waals surface area contributed by atoms with Crippen LogP contribution >= 0.6 is 56.6 Å². The third-order valence-electron chi connectivity index (χ3n) is 6.50. The molecular weight excluding hydrogens is 583 g/mol. The van der Waals surface area contributed by atoms with Gasteiger partial charge in [-0.05, 0) is 72.9 Å². The van der Waals surface area contributed by atoms with Crippen molar-refractivity contribution in [1.29, 1.82) is 0 Å². The summed E-state index contributed by atoms with van der Waals surface area (Å²) in [6.07, 6.45) is 22.1. The van der Waals surface area contributed by atoms with Crippen molar-refractivity contribution in [3.05, 3.63) is 46.2 Å². The molecule has 188 valence electrons. The van der Waals surface area contributed by atoms with Gasteiger partial charge in [-0.15, -0.1) is 34.0 Å². The van der Waals surface area contributed by atoms with Crippen LogP contribution in [-0.2, 0) is 12.8 Å². The second kappa shape index (κ2) is 17.3. The van der Waals surface area contributed by atoms with Crippen LogP contribution in [0.4, 0.5) is 0 Å². The van der Waals surface area contributed by atoms with E-state index in [4.69, 9.17) is 0 Å². The fourth-order valence-corrected chi connectivity index (χ4v) is 8.25. The Kier molecular flexibility index (Phi) is 14.5. The van der Waals surface area contributed by atoms with E-state index in [1.807, 2.05) is 34.0 Å². The topological polar surface area (TPSA) is 0 Å². The van der Waals surface area contributed by atoms with Crippen molar-refractivity contribution in [3.8, 4) is 19.5 Å². The van der Waals surface area contributed by atoms with Crippen molar-refractivity contribution in [1.82, 2.24) is 0 Å². The van der Waals surface area contributed by atoms with Crippen molar-refractivity contribution in [3.63, 3.8) is 0 Å². The Morgan fingerprint density at radius 1 is 0.471 bits per heavy atom. The summed E-state index contributed by atoms with van der Waals surface area (Å²) in [5.41, 5.74) is 0. The molecule has 0 aromatic carbocycles. The van der Waals surface area contributed by atoms with E-state index >= 15 is 0 Å². The maximum atomic E-state index is 2.49. The van der Waals surface area contributed by atoms with Crippen LogP contribution in [0.5, 0.6) is 0 Å². The predicted octanol–water partition coefficient (Wildman–Crippen LogP) is 12.2. The molecule has 0 unspecified atom stereocenters. The van der Waals surface area contributed by atoms with Crippen LogP contribution in [0.15, 0.2) is 36.4 Å². The van der Waals surface area contributed by atoms with Gasteiger partial charge in [0, 0.05) is 29.3 Å². The highest BCUT2D eigenvalue weighted by Crippen LogP contribution is 2.40. The van der Waals surface area contributed by atoms with E-state index < -0.39 is 0 Å². The van der Waals surface area contributed by atoms with Crippen LogP contribution in [-0.4, -0.2) is 4.43 Å². The summed E-state index contributed by atoms with van der Waals surface area (Å²) in [7, 11) is 0. The molecule has 0 radical (unpaired) electrons. The third-order valence-corrected chi connectivity index (χ3v) is 11.0. The largest absolute Gasteiger partial charge is 0.139 e. The second-order valence-electron chi connectivity index (χ2n) is 9.48. The highest BCUT2D eigenvalue weighted by molar-refractivity contribution is 14.1. The van der Waals surface area contributed by atoms with E-state index in [0.717, 1.165) is 0 Å². The summed E-state index contributed by atoms with van der Waals surface area (Å²) >= 11 is 8.47. The molecule has 0 nitrogen and oxygen atoms in total. The first kappa shape index (κ1) is 28.4. The average molecular weight is 627 g/mol. The lowest BCUT2D eigenvalue weighted by Gasteiger charge is -2.01. The number of aryl methyl sites for hydroxylation is 2. The van der Waals surface area contributed by atoms with Crippen LogP contribution in [0.25, 0.3) is 19.5 Å². The number of unbranched alkanes of at least 4 members (excludes halogenated alkanes) is 12. The Bertz CT molecular complexity index is 904. The molecule has 0 aliphatic heterocycles. The van der Waals surface area contributed by atoms with E-state index in [9.17, 15) is 0 Å². The lowest BCUT2D eigenvalue weighted by Crippen LogP contribution is -1.84. The Balaban J connectivity index is 1.37. The number of halogens is 1. The van der Waals surface area contributed by atoms with E-state index in [1.54, 1.807) is 9.75 Å². The van der Waals surface area contributed by atoms with Gasteiger partial charge in [-0.2, -0.15) is 0 Å². The van der Waals surface area contributed by atoms with Crippen LogP contribution < -0.4 is 0 Å². The molecule has 0 saturated carbocycles. The molecule has 34 heavy (non-hydrogen) atoms. The van der Waals surface area contributed by atoms with Gasteiger partial charge in [0.25, 0.3) is 0 Å². The summed E-state index contributed by atoms with van der Waals surface area (Å²) in [4.78, 5) is 8.88. The van der Waals surface area contributed by atoms with Crippen LogP contribution in [0, 0.1) is 0 Å². The Morgan fingerprint density at radius 2 is 0.853 bits per heavy atom. The molecule has 0 spiro atoms. The molecule has 3 aromatic rings. The van der Waals surface area contributed by atoms with Gasteiger partial charge in [0.15, 0.2) is 0 Å². The first-order chi connectivity index (χ1) is 16.8. The number of hydrogen-bond donors (Lipinski definition) is 0. The molecule has 3 heterocycles. The van der Waals surface area contributed by atoms with Gasteiger partial charge in [0.1, 0.15) is 0 Å². The van der Waals surface area contributed by atoms with Crippen LogP contribution in [0.1, 0.15) is 107 Å². The molecule has 0 bridgehead atoms. The fraction of sp³-hybridized carbons (Fsp3) is 0.600. The van der Waals surface area contributed by atoms with E-state index in [1.165, 1.54) is 127 Å². The van der Waals surface area contributed by atoms with Crippen molar-refractivity contribution in [2.45, 2.75) is 110 Å². The molecule has 0 N–H and O–H groups in total. The maximum Gasteiger partial charge on any atom is 0.0449 e. The lowest BCUT2D eigenvalue weighted by molar-refractivity contribution is 0.578. The van der Waals surface area contributed by atoms with Crippen molar-refractivity contribution >= 4 is 56.6 Å². The Labute approximate surface area is 234 Å². The van der Waals surface area contributed by atoms with Gasteiger partial charge in [-0.1, -0.05) is 100 Å². The van der Waals surface area contributed by atoms with Crippen LogP contribution in [0.3, 0.4) is 0 Å². The highest BCUT2D eigenvalue weighted by Gasteiger charge is 2.10. The Morgan fingerprint density at radius 3 is 1.32 bits per heavy atom. The Hall–Kier alpha value is -0.170. The fourth-order valence-electron chi connectivity index (χ4n) is 4.43. The average Bonchev–Trinajstić information content (AvgIpc) is 3.61. The lowest BCUT2D eigenvalue weighted by atomic mass is 10.1. The molecular formula is C30H43IS3. The van der Waals surface area contributed by atoms with Gasteiger partial charge in [0.05, 0.1) is 0 Å². The van der Waals surface area contributed by atoms with E-state index in [-0.39, 0.29) is 0 Å². The first-order valence-corrected chi connectivity index (χ1v) is 17.6. The summed E-state index contributed by atoms with van der Waals surface area (Å²) in [5, 5.41) is 0. The quantitative estimate of drug-likeness (QED) is 0.0705. The normalized spacial score (nSPS) is 11.5.